The number of halogens is 2. The molecule has 232 valence electrons. The summed E-state index contributed by atoms with van der Waals surface area (Å²) in [6, 6.07) is 19.3. The van der Waals surface area contributed by atoms with Crippen LogP contribution in [0.3, 0.4) is 0 Å². The summed E-state index contributed by atoms with van der Waals surface area (Å²) in [7, 11) is 0. The molecule has 3 aromatic carbocycles. The first-order valence-electron chi connectivity index (χ1n) is 15.9. The zero-order valence-corrected chi connectivity index (χ0v) is 26.8. The van der Waals surface area contributed by atoms with Gasteiger partial charge in [0.15, 0.2) is 11.5 Å². The Morgan fingerprint density at radius 2 is 1.86 bits per heavy atom. The normalized spacial score (nSPS) is 28.5. The van der Waals surface area contributed by atoms with Gasteiger partial charge in [-0.25, -0.2) is 0 Å². The average Bonchev–Trinajstić information content (AvgIpc) is 3.35. The van der Waals surface area contributed by atoms with E-state index in [1.165, 1.54) is 5.56 Å². The summed E-state index contributed by atoms with van der Waals surface area (Å²) >= 11 is 12.4. The van der Waals surface area contributed by atoms with Crippen LogP contribution in [-0.2, 0) is 29.5 Å². The van der Waals surface area contributed by atoms with Gasteiger partial charge in [-0.3, -0.25) is 9.69 Å². The quantitative estimate of drug-likeness (QED) is 0.309. The SMILES string of the molecule is CC(C)CN(C(=O)Cc1ccc(Cl)c(Cl)c1)[C@H]1CC[C@@]2(O)[C@H]3Cc4ccc(O)c5c4[C@@]2(CCN3CCc2ccccc2)[C@H]1O5. The molecule has 44 heavy (non-hydrogen) atoms. The third-order valence-corrected chi connectivity index (χ3v) is 11.4. The fraction of sp³-hybridized carbons (Fsp3) is 0.472. The van der Waals surface area contributed by atoms with Crippen molar-refractivity contribution >= 4 is 29.1 Å². The van der Waals surface area contributed by atoms with Crippen molar-refractivity contribution in [2.75, 3.05) is 19.6 Å². The van der Waals surface area contributed by atoms with E-state index >= 15 is 0 Å². The number of carbonyl (C=O) groups is 1. The van der Waals surface area contributed by atoms with Gasteiger partial charge in [-0.1, -0.05) is 79.5 Å². The molecule has 2 N–H and O–H groups in total. The number of ether oxygens (including phenoxy) is 1. The number of carbonyl (C=O) groups excluding carboxylic acids is 1. The van der Waals surface area contributed by atoms with E-state index in [1.54, 1.807) is 18.2 Å². The van der Waals surface area contributed by atoms with E-state index in [0.29, 0.717) is 48.0 Å². The van der Waals surface area contributed by atoms with Crippen LogP contribution in [-0.4, -0.2) is 69.3 Å². The molecule has 2 aliphatic carbocycles. The molecular weight excluding hydrogens is 595 g/mol. The van der Waals surface area contributed by atoms with Gasteiger partial charge < -0.3 is 19.8 Å². The summed E-state index contributed by atoms with van der Waals surface area (Å²) in [5, 5.41) is 24.9. The molecule has 1 amide bonds. The third-order valence-electron chi connectivity index (χ3n) is 10.7. The van der Waals surface area contributed by atoms with Crippen molar-refractivity contribution in [3.63, 3.8) is 0 Å². The lowest BCUT2D eigenvalue weighted by atomic mass is 9.48. The predicted molar refractivity (Wildman–Crippen MR) is 173 cm³/mol. The van der Waals surface area contributed by atoms with Gasteiger partial charge in [0, 0.05) is 24.7 Å². The van der Waals surface area contributed by atoms with E-state index in [2.05, 4.69) is 43.0 Å². The molecule has 3 aromatic rings. The molecule has 6 nitrogen and oxygen atoms in total. The van der Waals surface area contributed by atoms with Gasteiger partial charge >= 0.3 is 0 Å². The van der Waals surface area contributed by atoms with Crippen LogP contribution >= 0.6 is 23.2 Å². The molecular formula is C36H40Cl2N2O4. The number of phenols is 1. The highest BCUT2D eigenvalue weighted by Crippen LogP contribution is 2.65. The summed E-state index contributed by atoms with van der Waals surface area (Å²) in [5.41, 5.74) is 2.46. The number of hydrogen-bond acceptors (Lipinski definition) is 5. The van der Waals surface area contributed by atoms with Gasteiger partial charge in [0.1, 0.15) is 6.10 Å². The largest absolute Gasteiger partial charge is 0.504 e. The van der Waals surface area contributed by atoms with Crippen molar-refractivity contribution in [2.24, 2.45) is 5.92 Å². The van der Waals surface area contributed by atoms with Crippen molar-refractivity contribution in [1.82, 2.24) is 9.80 Å². The minimum absolute atomic E-state index is 0.000543. The maximum absolute atomic E-state index is 14.1. The van der Waals surface area contributed by atoms with E-state index in [-0.39, 0.29) is 36.1 Å². The second-order valence-electron chi connectivity index (χ2n) is 13.6. The number of amides is 1. The molecule has 2 aliphatic heterocycles. The number of aromatic hydroxyl groups is 1. The minimum Gasteiger partial charge on any atom is -0.504 e. The van der Waals surface area contributed by atoms with Crippen LogP contribution < -0.4 is 4.74 Å². The summed E-state index contributed by atoms with van der Waals surface area (Å²) in [5.74, 6) is 0.838. The number of piperidine rings is 1. The van der Waals surface area contributed by atoms with Gasteiger partial charge in [0.05, 0.1) is 33.5 Å². The topological polar surface area (TPSA) is 73.2 Å². The number of benzene rings is 3. The molecule has 1 spiro atoms. The Morgan fingerprint density at radius 3 is 2.61 bits per heavy atom. The van der Waals surface area contributed by atoms with Crippen molar-refractivity contribution in [3.8, 4) is 11.5 Å². The second-order valence-corrected chi connectivity index (χ2v) is 14.4. The molecule has 8 heteroatoms. The highest BCUT2D eigenvalue weighted by Gasteiger charge is 2.73. The van der Waals surface area contributed by atoms with Crippen LogP contribution in [0.1, 0.15) is 55.4 Å². The zero-order chi connectivity index (χ0) is 30.8. The molecule has 4 aliphatic rings. The molecule has 0 radical (unpaired) electrons. The Kier molecular flexibility index (Phi) is 7.64. The monoisotopic (exact) mass is 634 g/mol. The van der Waals surface area contributed by atoms with Crippen LogP contribution in [0.4, 0.5) is 0 Å². The van der Waals surface area contributed by atoms with Crippen molar-refractivity contribution in [3.05, 3.63) is 93.0 Å². The molecule has 1 saturated carbocycles. The molecule has 2 bridgehead atoms. The first-order valence-corrected chi connectivity index (χ1v) is 16.6. The van der Waals surface area contributed by atoms with Crippen LogP contribution in [0.15, 0.2) is 60.7 Å². The van der Waals surface area contributed by atoms with E-state index in [4.69, 9.17) is 27.9 Å². The van der Waals surface area contributed by atoms with Crippen molar-refractivity contribution in [2.45, 2.75) is 81.6 Å². The highest BCUT2D eigenvalue weighted by atomic mass is 35.5. The lowest BCUT2D eigenvalue weighted by molar-refractivity contribution is -0.201. The Balaban J connectivity index is 1.25. The first-order chi connectivity index (χ1) is 21.1. The van der Waals surface area contributed by atoms with Crippen molar-refractivity contribution < 1.29 is 19.7 Å². The summed E-state index contributed by atoms with van der Waals surface area (Å²) in [6.45, 7) is 6.49. The maximum Gasteiger partial charge on any atom is 0.227 e. The van der Waals surface area contributed by atoms with Gasteiger partial charge in [-0.2, -0.15) is 0 Å². The van der Waals surface area contributed by atoms with Gasteiger partial charge in [-0.15, -0.1) is 0 Å². The van der Waals surface area contributed by atoms with E-state index in [1.807, 2.05) is 23.1 Å². The molecule has 7 rings (SSSR count). The van der Waals surface area contributed by atoms with Gasteiger partial charge in [0.2, 0.25) is 5.91 Å². The summed E-state index contributed by atoms with van der Waals surface area (Å²) < 4.78 is 6.79. The molecule has 1 saturated heterocycles. The Morgan fingerprint density at radius 1 is 1.07 bits per heavy atom. The molecule has 0 unspecified atom stereocenters. The Hall–Kier alpha value is -2.77. The zero-order valence-electron chi connectivity index (χ0n) is 25.3. The number of likely N-dealkylation sites (tertiary alicyclic amines) is 1. The van der Waals surface area contributed by atoms with Crippen LogP contribution in [0.2, 0.25) is 10.0 Å². The molecule has 2 fully saturated rings. The highest BCUT2D eigenvalue weighted by molar-refractivity contribution is 6.42. The Labute approximate surface area is 269 Å². The van der Waals surface area contributed by atoms with E-state index in [0.717, 1.165) is 36.2 Å². The van der Waals surface area contributed by atoms with Crippen LogP contribution in [0, 0.1) is 5.92 Å². The fourth-order valence-corrected chi connectivity index (χ4v) is 9.17. The van der Waals surface area contributed by atoms with Gasteiger partial charge in [0.25, 0.3) is 0 Å². The van der Waals surface area contributed by atoms with Crippen molar-refractivity contribution in [1.29, 1.82) is 0 Å². The smallest absolute Gasteiger partial charge is 0.227 e. The molecule has 2 heterocycles. The van der Waals surface area contributed by atoms with Crippen LogP contribution in [0.5, 0.6) is 11.5 Å². The van der Waals surface area contributed by atoms with Gasteiger partial charge in [-0.05, 0) is 79.5 Å². The average molecular weight is 636 g/mol. The van der Waals surface area contributed by atoms with Crippen LogP contribution in [0.25, 0.3) is 0 Å². The maximum atomic E-state index is 14.1. The molecule has 5 atom stereocenters. The third kappa shape index (κ3) is 4.63. The second kappa shape index (κ2) is 11.2. The number of aliphatic hydroxyl groups is 1. The minimum atomic E-state index is -1.04. The first kappa shape index (κ1) is 29.9. The molecule has 0 aromatic heterocycles. The summed E-state index contributed by atoms with van der Waals surface area (Å²) in [4.78, 5) is 18.6. The fourth-order valence-electron chi connectivity index (χ4n) is 8.85. The Bertz CT molecular complexity index is 1580. The number of hydrogen-bond donors (Lipinski definition) is 2. The lowest BCUT2D eigenvalue weighted by Crippen LogP contribution is -2.78. The predicted octanol–water partition coefficient (Wildman–Crippen LogP) is 6.19. The number of nitrogens with zero attached hydrogens (tertiary/aromatic N) is 2. The number of phenolic OH excluding ortho intramolecular Hbond substituents is 1. The summed E-state index contributed by atoms with van der Waals surface area (Å²) in [6.07, 6.45) is 3.26. The lowest BCUT2D eigenvalue weighted by Gasteiger charge is -2.65. The van der Waals surface area contributed by atoms with E-state index < -0.39 is 17.1 Å². The standard InChI is InChI=1S/C36H40Cl2N2O4/c1-22(2)21-40(31(42)19-24-8-10-26(37)27(38)18-24)28-12-14-36(43)30-20-25-9-11-29(41)33-32(25)35(36,34(28)44-33)15-17-39(30)16-13-23-6-4-3-5-7-23/h3-11,18,22,28,30,34,41,43H,12-17,19-21H2,1-2H3/t28-,30+,34-,35-,36+/m0/s1. The number of rotatable bonds is 8. The van der Waals surface area contributed by atoms with E-state index in [9.17, 15) is 15.0 Å².